The summed E-state index contributed by atoms with van der Waals surface area (Å²) in [7, 11) is 1.99. The molecule has 1 aliphatic heterocycles. The Morgan fingerprint density at radius 3 is 2.88 bits per heavy atom. The molecule has 3 heterocycles. The summed E-state index contributed by atoms with van der Waals surface area (Å²) in [5, 5.41) is 12.5. The molecule has 2 aromatic rings. The van der Waals surface area contributed by atoms with Crippen LogP contribution in [0.3, 0.4) is 0 Å². The quantitative estimate of drug-likeness (QED) is 0.933. The summed E-state index contributed by atoms with van der Waals surface area (Å²) >= 11 is 0. The van der Waals surface area contributed by atoms with E-state index < -0.39 is 0 Å². The van der Waals surface area contributed by atoms with Crippen molar-refractivity contribution in [3.05, 3.63) is 34.0 Å². The fourth-order valence-electron chi connectivity index (χ4n) is 4.10. The predicted octanol–water partition coefficient (Wildman–Crippen LogP) is 2.52. The van der Waals surface area contributed by atoms with Crippen LogP contribution in [0, 0.1) is 13.8 Å². The maximum atomic E-state index is 6.05. The molecule has 0 aromatic carbocycles. The Balaban J connectivity index is 1.49. The smallest absolute Gasteiger partial charge is 0.140 e. The van der Waals surface area contributed by atoms with Crippen LogP contribution in [-0.4, -0.2) is 27.6 Å². The van der Waals surface area contributed by atoms with Crippen LogP contribution in [-0.2, 0) is 31.2 Å². The minimum absolute atomic E-state index is 0.0708. The van der Waals surface area contributed by atoms with Crippen molar-refractivity contribution >= 4 is 0 Å². The molecule has 1 N–H and O–H groups in total. The van der Waals surface area contributed by atoms with E-state index in [1.807, 2.05) is 11.7 Å². The third-order valence-corrected chi connectivity index (χ3v) is 5.50. The summed E-state index contributed by atoms with van der Waals surface area (Å²) in [6, 6.07) is 0.294. The number of ether oxygens (including phenoxy) is 1. The number of nitrogens with one attached hydrogen (secondary N) is 1. The highest BCUT2D eigenvalue weighted by molar-refractivity contribution is 5.29. The van der Waals surface area contributed by atoms with Gasteiger partial charge in [0.25, 0.3) is 0 Å². The molecule has 1 fully saturated rings. The lowest BCUT2D eigenvalue weighted by molar-refractivity contribution is 0.0973. The normalized spacial score (nSPS) is 23.6. The molecule has 24 heavy (non-hydrogen) atoms. The van der Waals surface area contributed by atoms with Gasteiger partial charge in [0.05, 0.1) is 5.69 Å². The van der Waals surface area contributed by atoms with Crippen LogP contribution in [0.1, 0.15) is 59.3 Å². The van der Waals surface area contributed by atoms with Gasteiger partial charge in [-0.15, -0.1) is 0 Å². The van der Waals surface area contributed by atoms with Gasteiger partial charge in [-0.3, -0.25) is 4.68 Å². The molecule has 0 radical (unpaired) electrons. The first-order valence-corrected chi connectivity index (χ1v) is 8.96. The fourth-order valence-corrected chi connectivity index (χ4v) is 4.10. The molecular formula is C18H26N4O2. The first kappa shape index (κ1) is 15.8. The summed E-state index contributed by atoms with van der Waals surface area (Å²) in [5.41, 5.74) is 5.89. The molecule has 4 rings (SSSR count). The Morgan fingerprint density at radius 1 is 1.25 bits per heavy atom. The number of aryl methyl sites for hydroxylation is 3. The van der Waals surface area contributed by atoms with Crippen molar-refractivity contribution < 1.29 is 9.26 Å². The van der Waals surface area contributed by atoms with Gasteiger partial charge < -0.3 is 14.6 Å². The Bertz CT molecular complexity index is 734. The van der Waals surface area contributed by atoms with Gasteiger partial charge in [0.15, 0.2) is 0 Å². The van der Waals surface area contributed by atoms with Crippen LogP contribution < -0.4 is 5.32 Å². The molecule has 130 valence electrons. The van der Waals surface area contributed by atoms with Crippen LogP contribution >= 0.6 is 0 Å². The summed E-state index contributed by atoms with van der Waals surface area (Å²) in [4.78, 5) is 0. The molecule has 0 saturated carbocycles. The second-order valence-corrected chi connectivity index (χ2v) is 7.01. The highest BCUT2D eigenvalue weighted by Gasteiger charge is 2.33. The van der Waals surface area contributed by atoms with Crippen molar-refractivity contribution in [3.8, 4) is 0 Å². The third kappa shape index (κ3) is 2.67. The molecule has 6 nitrogen and oxygen atoms in total. The van der Waals surface area contributed by atoms with Gasteiger partial charge in [-0.2, -0.15) is 5.10 Å². The standard InChI is InChI=1S/C18H26N4O2/c1-11-17(12(2)22(3)20-11)18-14(8-9-23-18)19-10-15-13-6-4-5-7-16(13)24-21-15/h14,18-19H,4-10H2,1-3H3/t14-,18-/m0/s1. The predicted molar refractivity (Wildman–Crippen MR) is 89.8 cm³/mol. The molecule has 0 spiro atoms. The van der Waals surface area contributed by atoms with Crippen molar-refractivity contribution in [1.29, 1.82) is 0 Å². The van der Waals surface area contributed by atoms with Gasteiger partial charge in [0.1, 0.15) is 17.6 Å². The first-order valence-electron chi connectivity index (χ1n) is 8.96. The van der Waals surface area contributed by atoms with Gasteiger partial charge in [-0.25, -0.2) is 0 Å². The van der Waals surface area contributed by atoms with Gasteiger partial charge in [0.2, 0.25) is 0 Å². The lowest BCUT2D eigenvalue weighted by Gasteiger charge is -2.20. The van der Waals surface area contributed by atoms with Crippen LogP contribution in [0.5, 0.6) is 0 Å². The maximum absolute atomic E-state index is 6.05. The first-order chi connectivity index (χ1) is 11.6. The molecule has 0 amide bonds. The lowest BCUT2D eigenvalue weighted by Crippen LogP contribution is -2.32. The van der Waals surface area contributed by atoms with Crippen LogP contribution in [0.25, 0.3) is 0 Å². The number of fused-ring (bicyclic) bond motifs is 1. The number of hydrogen-bond acceptors (Lipinski definition) is 5. The van der Waals surface area contributed by atoms with Crippen molar-refractivity contribution in [2.24, 2.45) is 7.05 Å². The third-order valence-electron chi connectivity index (χ3n) is 5.50. The second-order valence-electron chi connectivity index (χ2n) is 7.01. The van der Waals surface area contributed by atoms with Crippen LogP contribution in [0.4, 0.5) is 0 Å². The monoisotopic (exact) mass is 330 g/mol. The molecular weight excluding hydrogens is 304 g/mol. The highest BCUT2D eigenvalue weighted by Crippen LogP contribution is 2.33. The molecule has 2 atom stereocenters. The second kappa shape index (κ2) is 6.33. The molecule has 6 heteroatoms. The van der Waals surface area contributed by atoms with Gasteiger partial charge in [-0.1, -0.05) is 5.16 Å². The van der Waals surface area contributed by atoms with Gasteiger partial charge >= 0.3 is 0 Å². The van der Waals surface area contributed by atoms with Crippen molar-refractivity contribution in [3.63, 3.8) is 0 Å². The van der Waals surface area contributed by atoms with E-state index in [0.29, 0.717) is 6.04 Å². The zero-order chi connectivity index (χ0) is 16.7. The topological polar surface area (TPSA) is 65.1 Å². The minimum Gasteiger partial charge on any atom is -0.372 e. The average Bonchev–Trinajstić information content (AvgIpc) is 3.25. The van der Waals surface area contributed by atoms with E-state index in [4.69, 9.17) is 9.26 Å². The fraction of sp³-hybridized carbons (Fsp3) is 0.667. The molecule has 2 aromatic heterocycles. The van der Waals surface area contributed by atoms with Crippen molar-refractivity contribution in [2.45, 2.75) is 64.6 Å². The zero-order valence-electron chi connectivity index (χ0n) is 14.8. The summed E-state index contributed by atoms with van der Waals surface area (Å²) in [6.07, 6.45) is 5.67. The Kier molecular flexibility index (Phi) is 4.18. The number of hydrogen-bond donors (Lipinski definition) is 1. The highest BCUT2D eigenvalue weighted by atomic mass is 16.5. The van der Waals surface area contributed by atoms with Crippen molar-refractivity contribution in [2.75, 3.05) is 6.61 Å². The number of nitrogens with zero attached hydrogens (tertiary/aromatic N) is 3. The molecule has 0 unspecified atom stereocenters. The summed E-state index contributed by atoms with van der Waals surface area (Å²) < 4.78 is 13.5. The molecule has 1 aliphatic carbocycles. The summed E-state index contributed by atoms with van der Waals surface area (Å²) in [5.74, 6) is 1.09. The summed E-state index contributed by atoms with van der Waals surface area (Å²) in [6.45, 7) is 5.71. The van der Waals surface area contributed by atoms with Crippen LogP contribution in [0.2, 0.25) is 0 Å². The Hall–Kier alpha value is -1.66. The van der Waals surface area contributed by atoms with Crippen molar-refractivity contribution in [1.82, 2.24) is 20.3 Å². The maximum Gasteiger partial charge on any atom is 0.140 e. The molecule has 2 aliphatic rings. The van der Waals surface area contributed by atoms with Crippen LogP contribution in [0.15, 0.2) is 4.52 Å². The zero-order valence-corrected chi connectivity index (χ0v) is 14.8. The Labute approximate surface area is 142 Å². The number of rotatable bonds is 4. The molecule has 1 saturated heterocycles. The van der Waals surface area contributed by atoms with Gasteiger partial charge in [0, 0.05) is 49.5 Å². The van der Waals surface area contributed by atoms with E-state index in [9.17, 15) is 0 Å². The average molecular weight is 330 g/mol. The molecule has 0 bridgehead atoms. The Morgan fingerprint density at radius 2 is 2.08 bits per heavy atom. The van der Waals surface area contributed by atoms with Gasteiger partial charge in [-0.05, 0) is 39.5 Å². The van der Waals surface area contributed by atoms with E-state index in [1.165, 1.54) is 29.7 Å². The minimum atomic E-state index is 0.0708. The van der Waals surface area contributed by atoms with E-state index in [0.717, 1.165) is 49.6 Å². The van der Waals surface area contributed by atoms with E-state index in [1.54, 1.807) is 0 Å². The SMILES string of the molecule is Cc1nn(C)c(C)c1[C@H]1OCC[C@@H]1NCc1noc2c1CCCC2. The van der Waals surface area contributed by atoms with E-state index in [2.05, 4.69) is 29.4 Å². The van der Waals surface area contributed by atoms with E-state index >= 15 is 0 Å². The van der Waals surface area contributed by atoms with E-state index in [-0.39, 0.29) is 6.10 Å². The number of aromatic nitrogens is 3. The largest absolute Gasteiger partial charge is 0.372 e. The lowest BCUT2D eigenvalue weighted by atomic mass is 9.96.